The number of carbonyl (C=O) groups excluding carboxylic acids is 3. The summed E-state index contributed by atoms with van der Waals surface area (Å²) >= 11 is 0. The van der Waals surface area contributed by atoms with E-state index in [0.717, 1.165) is 28.2 Å². The van der Waals surface area contributed by atoms with Crippen molar-refractivity contribution in [2.75, 3.05) is 6.54 Å². The standard InChI is InChI=1S/C20H21N3O4/c1-12-7-8-16(27-12)13(2)21-17(24)11-23-18(25)20(22-19(23)26)10-9-14-5-3-4-6-15(14)20/h3-8,13H,9-11H2,1-2H3,(H,21,24)(H,22,26). The maximum atomic E-state index is 13.0. The Labute approximate surface area is 156 Å². The van der Waals surface area contributed by atoms with Crippen LogP contribution in [0, 0.1) is 6.92 Å². The van der Waals surface area contributed by atoms with Crippen molar-refractivity contribution in [3.63, 3.8) is 0 Å². The van der Waals surface area contributed by atoms with E-state index in [1.165, 1.54) is 0 Å². The van der Waals surface area contributed by atoms with Gasteiger partial charge in [-0.3, -0.25) is 14.5 Å². The van der Waals surface area contributed by atoms with Crippen molar-refractivity contribution < 1.29 is 18.8 Å². The Morgan fingerprint density at radius 3 is 2.81 bits per heavy atom. The van der Waals surface area contributed by atoms with Crippen LogP contribution in [0.3, 0.4) is 0 Å². The average molecular weight is 367 g/mol. The first-order chi connectivity index (χ1) is 12.9. The molecule has 2 aliphatic rings. The second-order valence-corrected chi connectivity index (χ2v) is 7.12. The number of furan rings is 1. The molecule has 1 saturated heterocycles. The molecule has 0 bridgehead atoms. The summed E-state index contributed by atoms with van der Waals surface area (Å²) in [6.07, 6.45) is 1.23. The van der Waals surface area contributed by atoms with Crippen molar-refractivity contribution in [3.8, 4) is 0 Å². The molecule has 2 aromatic rings. The van der Waals surface area contributed by atoms with E-state index < -0.39 is 17.5 Å². The monoisotopic (exact) mass is 367 g/mol. The second kappa shape index (κ2) is 6.26. The number of imide groups is 1. The molecule has 7 heteroatoms. The first-order valence-corrected chi connectivity index (χ1v) is 8.99. The number of amides is 4. The first kappa shape index (κ1) is 17.3. The quantitative estimate of drug-likeness (QED) is 0.810. The molecule has 140 valence electrons. The molecule has 2 N–H and O–H groups in total. The minimum Gasteiger partial charge on any atom is -0.464 e. The van der Waals surface area contributed by atoms with E-state index >= 15 is 0 Å². The summed E-state index contributed by atoms with van der Waals surface area (Å²) < 4.78 is 5.50. The lowest BCUT2D eigenvalue weighted by molar-refractivity contribution is -0.135. The maximum Gasteiger partial charge on any atom is 0.325 e. The molecule has 1 aliphatic heterocycles. The van der Waals surface area contributed by atoms with Crippen molar-refractivity contribution >= 4 is 17.8 Å². The molecule has 2 heterocycles. The largest absolute Gasteiger partial charge is 0.464 e. The summed E-state index contributed by atoms with van der Waals surface area (Å²) in [5.41, 5.74) is 0.836. The van der Waals surface area contributed by atoms with Crippen LogP contribution in [0.4, 0.5) is 4.79 Å². The number of nitrogens with zero attached hydrogens (tertiary/aromatic N) is 1. The van der Waals surface area contributed by atoms with E-state index in [0.29, 0.717) is 12.2 Å². The highest BCUT2D eigenvalue weighted by atomic mass is 16.3. The van der Waals surface area contributed by atoms with Gasteiger partial charge in [0.25, 0.3) is 5.91 Å². The lowest BCUT2D eigenvalue weighted by Crippen LogP contribution is -2.44. The molecule has 1 aliphatic carbocycles. The summed E-state index contributed by atoms with van der Waals surface area (Å²) in [6, 6.07) is 10.3. The smallest absolute Gasteiger partial charge is 0.325 e. The van der Waals surface area contributed by atoms with Gasteiger partial charge in [0.1, 0.15) is 23.6 Å². The molecule has 2 unspecified atom stereocenters. The number of aryl methyl sites for hydroxylation is 2. The average Bonchev–Trinajstić information content (AvgIpc) is 3.30. The predicted octanol–water partition coefficient (Wildman–Crippen LogP) is 2.16. The van der Waals surface area contributed by atoms with E-state index in [4.69, 9.17) is 4.42 Å². The van der Waals surface area contributed by atoms with Crippen LogP contribution in [-0.2, 0) is 21.5 Å². The third-order valence-electron chi connectivity index (χ3n) is 5.29. The Morgan fingerprint density at radius 2 is 2.07 bits per heavy atom. The van der Waals surface area contributed by atoms with Gasteiger partial charge in [-0.25, -0.2) is 4.79 Å². The third kappa shape index (κ3) is 2.79. The van der Waals surface area contributed by atoms with E-state index in [9.17, 15) is 14.4 Å². The highest BCUT2D eigenvalue weighted by molar-refractivity contribution is 6.09. The molecule has 4 amide bonds. The van der Waals surface area contributed by atoms with Crippen LogP contribution in [0.15, 0.2) is 40.8 Å². The summed E-state index contributed by atoms with van der Waals surface area (Å²) in [5, 5.41) is 5.59. The van der Waals surface area contributed by atoms with Crippen LogP contribution >= 0.6 is 0 Å². The van der Waals surface area contributed by atoms with Gasteiger partial charge in [-0.1, -0.05) is 24.3 Å². The minimum absolute atomic E-state index is 0.321. The van der Waals surface area contributed by atoms with Crippen LogP contribution in [0.5, 0.6) is 0 Å². The zero-order valence-corrected chi connectivity index (χ0v) is 15.2. The van der Waals surface area contributed by atoms with E-state index in [-0.39, 0.29) is 18.5 Å². The van der Waals surface area contributed by atoms with E-state index in [1.807, 2.05) is 37.3 Å². The Balaban J connectivity index is 1.48. The maximum absolute atomic E-state index is 13.0. The van der Waals surface area contributed by atoms with Crippen LogP contribution in [0.2, 0.25) is 0 Å². The van der Waals surface area contributed by atoms with Gasteiger partial charge in [-0.2, -0.15) is 0 Å². The van der Waals surface area contributed by atoms with Gasteiger partial charge in [0.2, 0.25) is 5.91 Å². The SMILES string of the molecule is Cc1ccc(C(C)NC(=O)CN2C(=O)NC3(CCc4ccccc43)C2=O)o1. The molecule has 2 atom stereocenters. The van der Waals surface area contributed by atoms with Gasteiger partial charge < -0.3 is 15.1 Å². The number of urea groups is 1. The first-order valence-electron chi connectivity index (χ1n) is 8.99. The number of benzene rings is 1. The number of carbonyl (C=O) groups is 3. The molecule has 4 rings (SSSR count). The number of hydrogen-bond donors (Lipinski definition) is 2. The summed E-state index contributed by atoms with van der Waals surface area (Å²) in [6.45, 7) is 3.29. The molecule has 1 spiro atoms. The summed E-state index contributed by atoms with van der Waals surface area (Å²) in [7, 11) is 0. The predicted molar refractivity (Wildman–Crippen MR) is 96.7 cm³/mol. The highest BCUT2D eigenvalue weighted by Crippen LogP contribution is 2.41. The van der Waals surface area contributed by atoms with Crippen molar-refractivity contribution in [2.24, 2.45) is 0 Å². The number of fused-ring (bicyclic) bond motifs is 2. The van der Waals surface area contributed by atoms with Gasteiger partial charge in [0.05, 0.1) is 6.04 Å². The van der Waals surface area contributed by atoms with Crippen molar-refractivity contribution in [1.29, 1.82) is 0 Å². The molecule has 1 aromatic heterocycles. The zero-order chi connectivity index (χ0) is 19.2. The van der Waals surface area contributed by atoms with Crippen molar-refractivity contribution in [3.05, 3.63) is 59.0 Å². The Morgan fingerprint density at radius 1 is 1.30 bits per heavy atom. The fraction of sp³-hybridized carbons (Fsp3) is 0.350. The Bertz CT molecular complexity index is 935. The van der Waals surface area contributed by atoms with Gasteiger partial charge in [0, 0.05) is 0 Å². The van der Waals surface area contributed by atoms with Crippen LogP contribution in [0.25, 0.3) is 0 Å². The second-order valence-electron chi connectivity index (χ2n) is 7.12. The molecule has 7 nitrogen and oxygen atoms in total. The van der Waals surface area contributed by atoms with Crippen LogP contribution in [0.1, 0.15) is 42.0 Å². The fourth-order valence-electron chi connectivity index (χ4n) is 3.92. The Kier molecular flexibility index (Phi) is 4.02. The molecule has 27 heavy (non-hydrogen) atoms. The van der Waals surface area contributed by atoms with Gasteiger partial charge >= 0.3 is 6.03 Å². The minimum atomic E-state index is -1.04. The molecular weight excluding hydrogens is 346 g/mol. The normalized spacial score (nSPS) is 22.1. The van der Waals surface area contributed by atoms with Crippen LogP contribution in [-0.4, -0.2) is 29.3 Å². The number of rotatable bonds is 4. The van der Waals surface area contributed by atoms with Gasteiger partial charge in [-0.15, -0.1) is 0 Å². The summed E-state index contributed by atoms with van der Waals surface area (Å²) in [5.74, 6) is 0.596. The van der Waals surface area contributed by atoms with Crippen molar-refractivity contribution in [1.82, 2.24) is 15.5 Å². The zero-order valence-electron chi connectivity index (χ0n) is 15.2. The molecule has 0 saturated carbocycles. The molecule has 1 aromatic carbocycles. The highest BCUT2D eigenvalue weighted by Gasteiger charge is 2.55. The lowest BCUT2D eigenvalue weighted by Gasteiger charge is -2.22. The number of hydrogen-bond acceptors (Lipinski definition) is 4. The lowest BCUT2D eigenvalue weighted by atomic mass is 9.92. The Hall–Kier alpha value is -3.09. The van der Waals surface area contributed by atoms with Crippen LogP contribution < -0.4 is 10.6 Å². The summed E-state index contributed by atoms with van der Waals surface area (Å²) in [4.78, 5) is 38.9. The fourth-order valence-corrected chi connectivity index (χ4v) is 3.92. The number of nitrogens with one attached hydrogen (secondary N) is 2. The van der Waals surface area contributed by atoms with Gasteiger partial charge in [-0.05, 0) is 49.9 Å². The molecule has 0 radical (unpaired) electrons. The molecule has 1 fully saturated rings. The van der Waals surface area contributed by atoms with E-state index in [2.05, 4.69) is 10.6 Å². The van der Waals surface area contributed by atoms with Crippen molar-refractivity contribution in [2.45, 2.75) is 38.3 Å². The van der Waals surface area contributed by atoms with Gasteiger partial charge in [0.15, 0.2) is 0 Å². The molecular formula is C20H21N3O4. The third-order valence-corrected chi connectivity index (χ3v) is 5.29. The van der Waals surface area contributed by atoms with E-state index in [1.54, 1.807) is 13.0 Å². The topological polar surface area (TPSA) is 91.7 Å².